The predicted molar refractivity (Wildman–Crippen MR) is 98.7 cm³/mol. The Kier molecular flexibility index (Phi) is 4.17. The molecule has 0 aliphatic heterocycles. The molecule has 5 heteroatoms. The van der Waals surface area contributed by atoms with Crippen LogP contribution in [0.4, 0.5) is 5.82 Å². The molecule has 2 N–H and O–H groups in total. The Hall–Kier alpha value is -2.40. The molecule has 0 saturated heterocycles. The van der Waals surface area contributed by atoms with Crippen LogP contribution >= 0.6 is 11.3 Å². The Morgan fingerprint density at radius 1 is 1.21 bits per heavy atom. The largest absolute Gasteiger partial charge is 0.370 e. The summed E-state index contributed by atoms with van der Waals surface area (Å²) < 4.78 is 0. The molecule has 1 aliphatic rings. The predicted octanol–water partition coefficient (Wildman–Crippen LogP) is 3.84. The normalized spacial score (nSPS) is 13.8. The van der Waals surface area contributed by atoms with Gasteiger partial charge in [-0.25, -0.2) is 4.98 Å². The fourth-order valence-corrected chi connectivity index (χ4v) is 3.42. The van der Waals surface area contributed by atoms with Gasteiger partial charge in [0.1, 0.15) is 5.82 Å². The van der Waals surface area contributed by atoms with Crippen LogP contribution in [-0.4, -0.2) is 23.5 Å². The highest BCUT2D eigenvalue weighted by Crippen LogP contribution is 2.24. The number of nitrogens with zero attached hydrogens (tertiary/aromatic N) is 1. The number of amides is 1. The number of pyridine rings is 1. The van der Waals surface area contributed by atoms with Crippen LogP contribution < -0.4 is 10.6 Å². The minimum Gasteiger partial charge on any atom is -0.370 e. The van der Waals surface area contributed by atoms with E-state index >= 15 is 0 Å². The van der Waals surface area contributed by atoms with Crippen LogP contribution in [0.5, 0.6) is 0 Å². The fourth-order valence-electron chi connectivity index (χ4n) is 2.71. The first-order valence-corrected chi connectivity index (χ1v) is 9.14. The Bertz CT molecular complexity index is 856. The lowest BCUT2D eigenvalue weighted by Crippen LogP contribution is -2.25. The molecule has 1 aliphatic carbocycles. The third-order valence-electron chi connectivity index (χ3n) is 4.13. The highest BCUT2D eigenvalue weighted by Gasteiger charge is 2.24. The van der Waals surface area contributed by atoms with Gasteiger partial charge in [0, 0.05) is 22.8 Å². The lowest BCUT2D eigenvalue weighted by molar-refractivity contribution is 0.0952. The summed E-state index contributed by atoms with van der Waals surface area (Å²) in [5.74, 6) is 0.753. The van der Waals surface area contributed by atoms with Gasteiger partial charge in [0.25, 0.3) is 5.91 Å². The second kappa shape index (κ2) is 6.61. The molecule has 0 atom stereocenters. The van der Waals surface area contributed by atoms with Crippen molar-refractivity contribution in [1.29, 1.82) is 0 Å². The van der Waals surface area contributed by atoms with Gasteiger partial charge in [-0.1, -0.05) is 24.3 Å². The smallest absolute Gasteiger partial charge is 0.252 e. The van der Waals surface area contributed by atoms with Crippen LogP contribution in [0.15, 0.2) is 47.8 Å². The number of carbonyl (C=O) groups is 1. The van der Waals surface area contributed by atoms with Crippen molar-refractivity contribution in [2.75, 3.05) is 11.9 Å². The molecular formula is C19H19N3OS. The number of fused-ring (bicyclic) bond motifs is 1. The molecule has 1 aromatic carbocycles. The molecule has 2 heterocycles. The van der Waals surface area contributed by atoms with Gasteiger partial charge in [-0.05, 0) is 42.8 Å². The number of anilines is 1. The first-order valence-electron chi connectivity index (χ1n) is 8.26. The standard InChI is InChI=1S/C19H19N3OS/c23-19(21-13-7-8-13)16-12-18(20-10-9-14-4-3-11-24-14)22-17-6-2-1-5-15(16)17/h1-6,11-13H,7-10H2,(H,20,22)(H,21,23). The topological polar surface area (TPSA) is 54.0 Å². The average molecular weight is 337 g/mol. The van der Waals surface area contributed by atoms with Gasteiger partial charge in [-0.15, -0.1) is 11.3 Å². The summed E-state index contributed by atoms with van der Waals surface area (Å²) in [6, 6.07) is 14.2. The summed E-state index contributed by atoms with van der Waals surface area (Å²) in [5, 5.41) is 9.42. The molecule has 1 saturated carbocycles. The van der Waals surface area contributed by atoms with Crippen LogP contribution in [0, 0.1) is 0 Å². The van der Waals surface area contributed by atoms with Gasteiger partial charge >= 0.3 is 0 Å². The average Bonchev–Trinajstić information content (AvgIpc) is 3.26. The highest BCUT2D eigenvalue weighted by molar-refractivity contribution is 7.09. The molecular weight excluding hydrogens is 318 g/mol. The minimum atomic E-state index is -0.00240. The van der Waals surface area contributed by atoms with Crippen LogP contribution in [0.1, 0.15) is 28.1 Å². The molecule has 0 radical (unpaired) electrons. The van der Waals surface area contributed by atoms with Crippen molar-refractivity contribution in [1.82, 2.24) is 10.3 Å². The highest BCUT2D eigenvalue weighted by atomic mass is 32.1. The van der Waals surface area contributed by atoms with E-state index in [1.807, 2.05) is 30.3 Å². The zero-order valence-electron chi connectivity index (χ0n) is 13.3. The number of benzene rings is 1. The van der Waals surface area contributed by atoms with E-state index in [9.17, 15) is 4.79 Å². The van der Waals surface area contributed by atoms with E-state index in [0.717, 1.165) is 42.5 Å². The third-order valence-corrected chi connectivity index (χ3v) is 5.07. The molecule has 24 heavy (non-hydrogen) atoms. The summed E-state index contributed by atoms with van der Waals surface area (Å²) in [6.45, 7) is 0.801. The van der Waals surface area contributed by atoms with E-state index in [4.69, 9.17) is 0 Å². The van der Waals surface area contributed by atoms with Crippen LogP contribution in [-0.2, 0) is 6.42 Å². The van der Waals surface area contributed by atoms with E-state index in [-0.39, 0.29) is 5.91 Å². The molecule has 0 unspecified atom stereocenters. The lowest BCUT2D eigenvalue weighted by Gasteiger charge is -2.11. The second-order valence-electron chi connectivity index (χ2n) is 6.08. The molecule has 1 amide bonds. The van der Waals surface area contributed by atoms with Gasteiger partial charge in [0.2, 0.25) is 0 Å². The van der Waals surface area contributed by atoms with Crippen LogP contribution in [0.3, 0.4) is 0 Å². The van der Waals surface area contributed by atoms with Gasteiger partial charge in [0.05, 0.1) is 11.1 Å². The van der Waals surface area contributed by atoms with Gasteiger partial charge in [0.15, 0.2) is 0 Å². The zero-order valence-corrected chi connectivity index (χ0v) is 14.1. The van der Waals surface area contributed by atoms with E-state index in [0.29, 0.717) is 11.6 Å². The van der Waals surface area contributed by atoms with E-state index < -0.39 is 0 Å². The van der Waals surface area contributed by atoms with Crippen molar-refractivity contribution in [2.45, 2.75) is 25.3 Å². The van der Waals surface area contributed by atoms with Crippen molar-refractivity contribution in [2.24, 2.45) is 0 Å². The number of rotatable bonds is 6. The Morgan fingerprint density at radius 2 is 2.08 bits per heavy atom. The Labute approximate surface area is 144 Å². The van der Waals surface area contributed by atoms with Crippen molar-refractivity contribution in [3.8, 4) is 0 Å². The Morgan fingerprint density at radius 3 is 2.88 bits per heavy atom. The SMILES string of the molecule is O=C(NC1CC1)c1cc(NCCc2cccs2)nc2ccccc12. The number of aromatic nitrogens is 1. The molecule has 2 aromatic heterocycles. The molecule has 4 nitrogen and oxygen atoms in total. The summed E-state index contributed by atoms with van der Waals surface area (Å²) in [5.41, 5.74) is 1.55. The van der Waals surface area contributed by atoms with Crippen LogP contribution in [0.2, 0.25) is 0 Å². The number of para-hydroxylation sites is 1. The summed E-state index contributed by atoms with van der Waals surface area (Å²) in [6.07, 6.45) is 3.12. The van der Waals surface area contributed by atoms with Crippen molar-refractivity contribution < 1.29 is 4.79 Å². The van der Waals surface area contributed by atoms with Gasteiger partial charge < -0.3 is 10.6 Å². The molecule has 4 rings (SSSR count). The zero-order chi connectivity index (χ0) is 16.4. The summed E-state index contributed by atoms with van der Waals surface area (Å²) in [7, 11) is 0. The van der Waals surface area contributed by atoms with Gasteiger partial charge in [-0.3, -0.25) is 4.79 Å². The number of hydrogen-bond acceptors (Lipinski definition) is 4. The fraction of sp³-hybridized carbons (Fsp3) is 0.263. The monoisotopic (exact) mass is 337 g/mol. The van der Waals surface area contributed by atoms with E-state index in [1.165, 1.54) is 4.88 Å². The summed E-state index contributed by atoms with van der Waals surface area (Å²) >= 11 is 1.76. The number of thiophene rings is 1. The first-order chi connectivity index (χ1) is 11.8. The van der Waals surface area contributed by atoms with Crippen molar-refractivity contribution in [3.63, 3.8) is 0 Å². The lowest BCUT2D eigenvalue weighted by atomic mass is 10.1. The van der Waals surface area contributed by atoms with E-state index in [1.54, 1.807) is 11.3 Å². The van der Waals surface area contributed by atoms with Gasteiger partial charge in [-0.2, -0.15) is 0 Å². The first kappa shape index (κ1) is 15.1. The number of hydrogen-bond donors (Lipinski definition) is 2. The molecule has 1 fully saturated rings. The maximum absolute atomic E-state index is 12.6. The Balaban J connectivity index is 1.57. The molecule has 122 valence electrons. The molecule has 0 spiro atoms. The second-order valence-corrected chi connectivity index (χ2v) is 7.11. The minimum absolute atomic E-state index is 0.00240. The van der Waals surface area contributed by atoms with Crippen molar-refractivity contribution in [3.05, 3.63) is 58.3 Å². The molecule has 0 bridgehead atoms. The third kappa shape index (κ3) is 3.41. The van der Waals surface area contributed by atoms with E-state index in [2.05, 4.69) is 33.1 Å². The van der Waals surface area contributed by atoms with Crippen LogP contribution in [0.25, 0.3) is 10.9 Å². The molecule has 3 aromatic rings. The number of carbonyl (C=O) groups excluding carboxylic acids is 1. The number of nitrogens with one attached hydrogen (secondary N) is 2. The quantitative estimate of drug-likeness (QED) is 0.718. The maximum Gasteiger partial charge on any atom is 0.252 e. The maximum atomic E-state index is 12.6. The summed E-state index contributed by atoms with van der Waals surface area (Å²) in [4.78, 5) is 18.5. The van der Waals surface area contributed by atoms with Crippen molar-refractivity contribution >= 4 is 34.0 Å².